The fourth-order valence-corrected chi connectivity index (χ4v) is 6.50. The van der Waals surface area contributed by atoms with Crippen LogP contribution >= 0.6 is 0 Å². The minimum absolute atomic E-state index is 0.0606. The first-order valence-electron chi connectivity index (χ1n) is 13.8. The van der Waals surface area contributed by atoms with Gasteiger partial charge in [0.15, 0.2) is 5.82 Å². The zero-order valence-corrected chi connectivity index (χ0v) is 22.3. The average Bonchev–Trinajstić information content (AvgIpc) is 3.63. The van der Waals surface area contributed by atoms with E-state index in [1.54, 1.807) is 18.3 Å². The van der Waals surface area contributed by atoms with Crippen LogP contribution in [0.15, 0.2) is 42.6 Å². The fraction of sp³-hybridized carbons (Fsp3) is 0.433. The van der Waals surface area contributed by atoms with Gasteiger partial charge in [-0.25, -0.2) is 4.39 Å². The topological polar surface area (TPSA) is 86.6 Å². The second-order valence-electron chi connectivity index (χ2n) is 11.7. The molecule has 4 aromatic rings. The van der Waals surface area contributed by atoms with Crippen molar-refractivity contribution in [2.75, 3.05) is 45.2 Å². The van der Waals surface area contributed by atoms with Gasteiger partial charge in [0.2, 0.25) is 0 Å². The number of anilines is 1. The van der Waals surface area contributed by atoms with Gasteiger partial charge in [-0.05, 0) is 62.7 Å². The summed E-state index contributed by atoms with van der Waals surface area (Å²) in [4.78, 5) is 18.6. The maximum Gasteiger partial charge on any atom is 0.319 e. The molecule has 39 heavy (non-hydrogen) atoms. The SMILES string of the molecule is CN(C)CC1(COc2nc(N3C4CCC3CNC4)c3cnc(-c4cc(O)cc5ccccc45)c(F)c3n2)CC1. The molecule has 7 rings (SSSR count). The van der Waals surface area contributed by atoms with Crippen molar-refractivity contribution in [2.45, 2.75) is 37.8 Å². The standard InChI is InChI=1S/C30H33FN6O2/c1-36(2)16-30(9-10-30)17-39-29-34-27-24(28(35-29)37-19-7-8-20(37)14-32-13-19)15-33-26(25(27)31)23-12-21(38)11-18-5-3-4-6-22(18)23/h3-6,11-12,15,19-20,32,38H,7-10,13-14,16-17H2,1-2H3. The summed E-state index contributed by atoms with van der Waals surface area (Å²) in [6, 6.07) is 11.6. The van der Waals surface area contributed by atoms with Crippen molar-refractivity contribution in [3.63, 3.8) is 0 Å². The molecule has 9 heteroatoms. The van der Waals surface area contributed by atoms with Crippen molar-refractivity contribution in [3.8, 4) is 23.0 Å². The lowest BCUT2D eigenvalue weighted by atomic mass is 10.00. The Hall–Kier alpha value is -3.56. The van der Waals surface area contributed by atoms with Crippen LogP contribution in [0.1, 0.15) is 25.7 Å². The van der Waals surface area contributed by atoms with Gasteiger partial charge < -0.3 is 25.0 Å². The van der Waals surface area contributed by atoms with E-state index in [9.17, 15) is 5.11 Å². The van der Waals surface area contributed by atoms with Gasteiger partial charge in [0.05, 0.1) is 12.0 Å². The van der Waals surface area contributed by atoms with Gasteiger partial charge in [-0.2, -0.15) is 9.97 Å². The highest BCUT2D eigenvalue weighted by Gasteiger charge is 2.44. The van der Waals surface area contributed by atoms with Crippen LogP contribution in [0.3, 0.4) is 0 Å². The van der Waals surface area contributed by atoms with Crippen LogP contribution in [0.5, 0.6) is 11.8 Å². The van der Waals surface area contributed by atoms with Crippen molar-refractivity contribution >= 4 is 27.5 Å². The average molecular weight is 529 g/mol. The molecule has 4 heterocycles. The lowest BCUT2D eigenvalue weighted by Crippen LogP contribution is -2.52. The van der Waals surface area contributed by atoms with Gasteiger partial charge in [0, 0.05) is 48.9 Å². The number of ether oxygens (including phenoxy) is 1. The summed E-state index contributed by atoms with van der Waals surface area (Å²) in [6.45, 7) is 3.17. The molecule has 1 saturated carbocycles. The monoisotopic (exact) mass is 528 g/mol. The van der Waals surface area contributed by atoms with Crippen LogP contribution in [0.25, 0.3) is 32.9 Å². The summed E-state index contributed by atoms with van der Waals surface area (Å²) in [5.74, 6) is 0.222. The summed E-state index contributed by atoms with van der Waals surface area (Å²) in [5.41, 5.74) is 0.971. The maximum atomic E-state index is 16.5. The molecular weight excluding hydrogens is 495 g/mol. The molecule has 8 nitrogen and oxygen atoms in total. The van der Waals surface area contributed by atoms with Crippen LogP contribution in [0, 0.1) is 11.2 Å². The van der Waals surface area contributed by atoms with Gasteiger partial charge >= 0.3 is 6.01 Å². The number of piperazine rings is 1. The second kappa shape index (κ2) is 9.27. The smallest absolute Gasteiger partial charge is 0.319 e. The van der Waals surface area contributed by atoms with E-state index in [0.717, 1.165) is 56.1 Å². The lowest BCUT2D eigenvalue weighted by molar-refractivity contribution is 0.183. The third-order valence-corrected chi connectivity index (χ3v) is 8.49. The highest BCUT2D eigenvalue weighted by Crippen LogP contribution is 2.46. The summed E-state index contributed by atoms with van der Waals surface area (Å²) in [7, 11) is 4.14. The predicted octanol–water partition coefficient (Wildman–Crippen LogP) is 4.35. The summed E-state index contributed by atoms with van der Waals surface area (Å²) >= 11 is 0. The Morgan fingerprint density at radius 2 is 1.87 bits per heavy atom. The first-order valence-corrected chi connectivity index (χ1v) is 13.8. The Balaban J connectivity index is 1.37. The van der Waals surface area contributed by atoms with Gasteiger partial charge in [-0.1, -0.05) is 24.3 Å². The Kier molecular flexibility index (Phi) is 5.82. The molecular formula is C30H33FN6O2. The van der Waals surface area contributed by atoms with E-state index in [4.69, 9.17) is 9.72 Å². The zero-order valence-electron chi connectivity index (χ0n) is 22.3. The summed E-state index contributed by atoms with van der Waals surface area (Å²) < 4.78 is 22.7. The molecule has 2 saturated heterocycles. The number of benzene rings is 2. The maximum absolute atomic E-state index is 16.5. The quantitative estimate of drug-likeness (QED) is 0.366. The molecule has 2 aliphatic heterocycles. The number of aromatic hydroxyl groups is 1. The molecule has 2 unspecified atom stereocenters. The number of fused-ring (bicyclic) bond motifs is 4. The van der Waals surface area contributed by atoms with Crippen molar-refractivity contribution in [3.05, 3.63) is 48.4 Å². The molecule has 0 amide bonds. The Labute approximate surface area is 226 Å². The van der Waals surface area contributed by atoms with Crippen LogP contribution in [-0.2, 0) is 0 Å². The molecule has 0 spiro atoms. The highest BCUT2D eigenvalue weighted by atomic mass is 19.1. The van der Waals surface area contributed by atoms with Gasteiger partial charge in [0.25, 0.3) is 0 Å². The molecule has 0 radical (unpaired) electrons. The Bertz CT molecular complexity index is 1560. The zero-order chi connectivity index (χ0) is 26.7. The molecule has 2 aromatic heterocycles. The molecule has 3 fully saturated rings. The van der Waals surface area contributed by atoms with Gasteiger partial charge in [-0.3, -0.25) is 4.98 Å². The number of phenolic OH excluding ortho intramolecular Hbond substituents is 1. The number of phenols is 1. The Morgan fingerprint density at radius 3 is 2.62 bits per heavy atom. The number of nitrogens with zero attached hydrogens (tertiary/aromatic N) is 5. The van der Waals surface area contributed by atoms with E-state index in [2.05, 4.69) is 39.2 Å². The summed E-state index contributed by atoms with van der Waals surface area (Å²) in [5, 5.41) is 16.1. The van der Waals surface area contributed by atoms with E-state index >= 15 is 4.39 Å². The summed E-state index contributed by atoms with van der Waals surface area (Å²) in [6.07, 6.45) is 6.01. The van der Waals surface area contributed by atoms with Crippen LogP contribution in [0.2, 0.25) is 0 Å². The number of hydrogen-bond acceptors (Lipinski definition) is 8. The fourth-order valence-electron chi connectivity index (χ4n) is 6.50. The van der Waals surface area contributed by atoms with E-state index in [0.29, 0.717) is 23.4 Å². The third-order valence-electron chi connectivity index (χ3n) is 8.49. The largest absolute Gasteiger partial charge is 0.508 e. The first kappa shape index (κ1) is 24.5. The van der Waals surface area contributed by atoms with E-state index in [1.807, 2.05) is 24.3 Å². The number of pyridine rings is 1. The second-order valence-corrected chi connectivity index (χ2v) is 11.7. The van der Waals surface area contributed by atoms with E-state index < -0.39 is 5.82 Å². The molecule has 2 N–H and O–H groups in total. The highest BCUT2D eigenvalue weighted by molar-refractivity contribution is 6.00. The molecule has 2 aromatic carbocycles. The van der Waals surface area contributed by atoms with E-state index in [-0.39, 0.29) is 40.5 Å². The van der Waals surface area contributed by atoms with Crippen LogP contribution in [0.4, 0.5) is 10.2 Å². The third kappa shape index (κ3) is 4.33. The van der Waals surface area contributed by atoms with E-state index in [1.165, 1.54) is 0 Å². The minimum Gasteiger partial charge on any atom is -0.508 e. The van der Waals surface area contributed by atoms with Crippen molar-refractivity contribution in [1.82, 2.24) is 25.2 Å². The number of nitrogens with one attached hydrogen (secondary N) is 1. The molecule has 3 aliphatic rings. The molecule has 2 atom stereocenters. The van der Waals surface area contributed by atoms with Gasteiger partial charge in [0.1, 0.15) is 22.8 Å². The minimum atomic E-state index is -0.534. The molecule has 202 valence electrons. The number of hydrogen-bond donors (Lipinski definition) is 2. The molecule has 1 aliphatic carbocycles. The first-order chi connectivity index (χ1) is 18.9. The molecule has 2 bridgehead atoms. The number of rotatable bonds is 7. The normalized spacial score (nSPS) is 21.7. The van der Waals surface area contributed by atoms with Crippen molar-refractivity contribution in [1.29, 1.82) is 0 Å². The predicted molar refractivity (Wildman–Crippen MR) is 150 cm³/mol. The Morgan fingerprint density at radius 1 is 1.10 bits per heavy atom. The lowest BCUT2D eigenvalue weighted by Gasteiger charge is -2.36. The van der Waals surface area contributed by atoms with Crippen LogP contribution in [-0.4, -0.2) is 77.4 Å². The number of halogens is 1. The van der Waals surface area contributed by atoms with Crippen LogP contribution < -0.4 is 15.0 Å². The van der Waals surface area contributed by atoms with Crippen molar-refractivity contribution < 1.29 is 14.2 Å². The van der Waals surface area contributed by atoms with Gasteiger partial charge in [-0.15, -0.1) is 0 Å². The number of aromatic nitrogens is 3. The van der Waals surface area contributed by atoms with Crippen molar-refractivity contribution in [2.24, 2.45) is 5.41 Å².